The average Bonchev–Trinajstić information content (AvgIpc) is 2.96. The predicted molar refractivity (Wildman–Crippen MR) is 139 cm³/mol. The molecule has 0 bridgehead atoms. The molecule has 1 unspecified atom stereocenters. The molecule has 12 heteroatoms. The monoisotopic (exact) mass is 579 g/mol. The number of benzene rings is 3. The van der Waals surface area contributed by atoms with Gasteiger partial charge < -0.3 is 19.3 Å². The maximum absolute atomic E-state index is 13.5. The first-order valence-corrected chi connectivity index (χ1v) is 13.7. The van der Waals surface area contributed by atoms with Crippen molar-refractivity contribution in [2.24, 2.45) is 0 Å². The molecule has 4 rings (SSSR count). The van der Waals surface area contributed by atoms with Gasteiger partial charge in [-0.1, -0.05) is 36.4 Å². The van der Waals surface area contributed by atoms with E-state index in [0.29, 0.717) is 16.7 Å². The lowest BCUT2D eigenvalue weighted by atomic mass is 9.86. The van der Waals surface area contributed by atoms with Crippen molar-refractivity contribution in [2.45, 2.75) is 50.1 Å². The minimum absolute atomic E-state index is 0.00547. The van der Waals surface area contributed by atoms with E-state index >= 15 is 0 Å². The Bertz CT molecular complexity index is 1510. The highest BCUT2D eigenvalue weighted by Crippen LogP contribution is 2.38. The SMILES string of the molecule is COc1cc(C(CC(=O)O)c2ccc(C)c(CN3C[C@@H](C)Oc4ccccc4S3(=O)=O)c2)ccc1OC(F)(F)F. The molecule has 3 aromatic carbocycles. The van der Waals surface area contributed by atoms with Gasteiger partial charge in [0.15, 0.2) is 11.5 Å². The summed E-state index contributed by atoms with van der Waals surface area (Å²) in [6.07, 6.45) is -5.73. The number of carbonyl (C=O) groups is 1. The van der Waals surface area contributed by atoms with Gasteiger partial charge in [0.2, 0.25) is 10.0 Å². The molecule has 0 fully saturated rings. The van der Waals surface area contributed by atoms with Crippen molar-refractivity contribution in [3.8, 4) is 17.2 Å². The van der Waals surface area contributed by atoms with Crippen molar-refractivity contribution in [3.63, 3.8) is 0 Å². The number of aliphatic carboxylic acids is 1. The van der Waals surface area contributed by atoms with Gasteiger partial charge in [-0.2, -0.15) is 4.31 Å². The number of carboxylic acids is 1. The van der Waals surface area contributed by atoms with Crippen molar-refractivity contribution < 1.29 is 45.7 Å². The number of para-hydroxylation sites is 1. The quantitative estimate of drug-likeness (QED) is 0.377. The van der Waals surface area contributed by atoms with Crippen LogP contribution < -0.4 is 14.2 Å². The Hall–Kier alpha value is -3.77. The molecule has 0 amide bonds. The molecule has 0 spiro atoms. The Kier molecular flexibility index (Phi) is 8.31. The summed E-state index contributed by atoms with van der Waals surface area (Å²) in [4.78, 5) is 11.9. The third-order valence-electron chi connectivity index (χ3n) is 6.57. The van der Waals surface area contributed by atoms with Crippen LogP contribution in [0.1, 0.15) is 41.5 Å². The highest BCUT2D eigenvalue weighted by molar-refractivity contribution is 7.89. The largest absolute Gasteiger partial charge is 0.573 e. The summed E-state index contributed by atoms with van der Waals surface area (Å²) in [5.74, 6) is -2.38. The lowest BCUT2D eigenvalue weighted by molar-refractivity contribution is -0.275. The molecule has 0 aromatic heterocycles. The van der Waals surface area contributed by atoms with E-state index in [1.165, 1.54) is 29.6 Å². The van der Waals surface area contributed by atoms with Crippen LogP contribution in [0.5, 0.6) is 17.2 Å². The van der Waals surface area contributed by atoms with Gasteiger partial charge in [0, 0.05) is 12.5 Å². The molecule has 8 nitrogen and oxygen atoms in total. The summed E-state index contributed by atoms with van der Waals surface area (Å²) in [7, 11) is -2.72. The maximum Gasteiger partial charge on any atom is 0.573 e. The maximum atomic E-state index is 13.5. The lowest BCUT2D eigenvalue weighted by Gasteiger charge is -2.24. The zero-order valence-corrected chi connectivity index (χ0v) is 22.8. The molecule has 1 aliphatic heterocycles. The van der Waals surface area contributed by atoms with E-state index in [2.05, 4.69) is 4.74 Å². The molecule has 1 N–H and O–H groups in total. The van der Waals surface area contributed by atoms with Crippen LogP contribution in [0.15, 0.2) is 65.6 Å². The number of methoxy groups -OCH3 is 1. The van der Waals surface area contributed by atoms with Crippen molar-refractivity contribution in [1.82, 2.24) is 4.31 Å². The van der Waals surface area contributed by atoms with Crippen LogP contribution in [0, 0.1) is 6.92 Å². The van der Waals surface area contributed by atoms with Gasteiger partial charge in [0.25, 0.3) is 0 Å². The topological polar surface area (TPSA) is 102 Å². The number of sulfonamides is 1. The molecular weight excluding hydrogens is 551 g/mol. The first kappa shape index (κ1) is 29.2. The Morgan fingerprint density at radius 1 is 1.10 bits per heavy atom. The van der Waals surface area contributed by atoms with E-state index in [0.717, 1.165) is 11.6 Å². The third kappa shape index (κ3) is 6.50. The van der Waals surface area contributed by atoms with E-state index in [1.807, 2.05) is 6.92 Å². The van der Waals surface area contributed by atoms with Gasteiger partial charge in [-0.05, 0) is 60.4 Å². The van der Waals surface area contributed by atoms with Gasteiger partial charge in [-0.25, -0.2) is 8.42 Å². The molecule has 0 aliphatic carbocycles. The summed E-state index contributed by atoms with van der Waals surface area (Å²) in [6.45, 7) is 3.69. The first-order valence-electron chi connectivity index (χ1n) is 12.3. The first-order chi connectivity index (χ1) is 18.8. The zero-order valence-electron chi connectivity index (χ0n) is 21.9. The highest BCUT2D eigenvalue weighted by Gasteiger charge is 2.34. The molecule has 0 saturated heterocycles. The van der Waals surface area contributed by atoms with Gasteiger partial charge in [-0.15, -0.1) is 13.2 Å². The molecule has 1 heterocycles. The fourth-order valence-corrected chi connectivity index (χ4v) is 6.28. The van der Waals surface area contributed by atoms with Gasteiger partial charge in [0.05, 0.1) is 20.1 Å². The smallest absolute Gasteiger partial charge is 0.493 e. The fraction of sp³-hybridized carbons (Fsp3) is 0.321. The number of alkyl halides is 3. The normalized spacial score (nSPS) is 17.7. The molecule has 1 aliphatic rings. The summed E-state index contributed by atoms with van der Waals surface area (Å²) < 4.78 is 81.7. The van der Waals surface area contributed by atoms with E-state index < -0.39 is 40.1 Å². The molecule has 40 heavy (non-hydrogen) atoms. The summed E-state index contributed by atoms with van der Waals surface area (Å²) in [6, 6.07) is 15.4. The van der Waals surface area contributed by atoms with Crippen molar-refractivity contribution in [1.29, 1.82) is 0 Å². The van der Waals surface area contributed by atoms with Crippen LogP contribution in [0.25, 0.3) is 0 Å². The highest BCUT2D eigenvalue weighted by atomic mass is 32.2. The standard InChI is InChI=1S/C28H28F3NO7S/c1-17-8-9-19(22(14-27(33)34)20-10-11-23(25(13-20)37-3)39-28(29,30)31)12-21(17)16-32-15-18(2)38-24-6-4-5-7-26(24)40(32,35)36/h4-13,18,22H,14-16H2,1-3H3,(H,33,34)/t18-,22?/m1/s1. The number of nitrogens with zero attached hydrogens (tertiary/aromatic N) is 1. The second kappa shape index (κ2) is 11.4. The van der Waals surface area contributed by atoms with Crippen LogP contribution in [-0.2, 0) is 21.4 Å². The van der Waals surface area contributed by atoms with Gasteiger partial charge in [-0.3, -0.25) is 4.79 Å². The van der Waals surface area contributed by atoms with Crippen LogP contribution in [0.4, 0.5) is 13.2 Å². The number of hydrogen-bond donors (Lipinski definition) is 1. The Morgan fingerprint density at radius 3 is 2.45 bits per heavy atom. The van der Waals surface area contributed by atoms with Crippen LogP contribution in [0.2, 0.25) is 0 Å². The molecular formula is C28H28F3NO7S. The van der Waals surface area contributed by atoms with Crippen LogP contribution >= 0.6 is 0 Å². The van der Waals surface area contributed by atoms with Crippen LogP contribution in [0.3, 0.4) is 0 Å². The van der Waals surface area contributed by atoms with Crippen molar-refractivity contribution in [3.05, 3.63) is 82.9 Å². The zero-order chi connectivity index (χ0) is 29.2. The second-order valence-electron chi connectivity index (χ2n) is 9.47. The minimum Gasteiger partial charge on any atom is -0.493 e. The average molecular weight is 580 g/mol. The minimum atomic E-state index is -4.93. The van der Waals surface area contributed by atoms with Gasteiger partial charge >= 0.3 is 12.3 Å². The molecule has 214 valence electrons. The van der Waals surface area contributed by atoms with Gasteiger partial charge in [0.1, 0.15) is 16.7 Å². The van der Waals surface area contributed by atoms with Crippen LogP contribution in [-0.4, -0.2) is 49.9 Å². The number of hydrogen-bond acceptors (Lipinski definition) is 6. The summed E-state index contributed by atoms with van der Waals surface area (Å²) >= 11 is 0. The fourth-order valence-electron chi connectivity index (χ4n) is 4.67. The van der Waals surface area contributed by atoms with E-state index in [4.69, 9.17) is 9.47 Å². The number of halogens is 3. The molecule has 3 aromatic rings. The Balaban J connectivity index is 1.72. The Morgan fingerprint density at radius 2 is 1.77 bits per heavy atom. The third-order valence-corrected chi connectivity index (χ3v) is 8.42. The lowest BCUT2D eigenvalue weighted by Crippen LogP contribution is -2.35. The molecule has 2 atom stereocenters. The number of carboxylic acid groups (broad SMARTS) is 1. The molecule has 0 saturated carbocycles. The number of aryl methyl sites for hydroxylation is 1. The van der Waals surface area contributed by atoms with Crippen molar-refractivity contribution >= 4 is 16.0 Å². The van der Waals surface area contributed by atoms with E-state index in [1.54, 1.807) is 43.3 Å². The summed E-state index contributed by atoms with van der Waals surface area (Å²) in [5, 5.41) is 9.64. The number of rotatable bonds is 8. The number of ether oxygens (including phenoxy) is 3. The molecule has 0 radical (unpaired) electrons. The Labute approximate surface area is 230 Å². The van der Waals surface area contributed by atoms with E-state index in [-0.39, 0.29) is 35.9 Å². The van der Waals surface area contributed by atoms with E-state index in [9.17, 15) is 31.5 Å². The summed E-state index contributed by atoms with van der Waals surface area (Å²) in [5.41, 5.74) is 2.37. The predicted octanol–water partition coefficient (Wildman–Crippen LogP) is 5.48. The second-order valence-corrected chi connectivity index (χ2v) is 11.4. The van der Waals surface area contributed by atoms with Crippen molar-refractivity contribution in [2.75, 3.05) is 13.7 Å². The number of fused-ring (bicyclic) bond motifs is 1.